The standard InChI is InChI=1S/C14H23NOS/c1-15-13(12-8-9-17-10-12)14(16-2)11-6-4-3-5-7-11/h8-11,13-15H,3-7H2,1-2H3. The van der Waals surface area contributed by atoms with Gasteiger partial charge in [-0.15, -0.1) is 0 Å². The van der Waals surface area contributed by atoms with Crippen LogP contribution in [0.2, 0.25) is 0 Å². The lowest BCUT2D eigenvalue weighted by molar-refractivity contribution is 0.00951. The van der Waals surface area contributed by atoms with Crippen molar-refractivity contribution in [3.05, 3.63) is 22.4 Å². The van der Waals surface area contributed by atoms with E-state index in [-0.39, 0.29) is 0 Å². The molecule has 1 N–H and O–H groups in total. The molecule has 96 valence electrons. The molecule has 1 aliphatic carbocycles. The second-order valence-corrected chi connectivity index (χ2v) is 5.70. The first-order valence-electron chi connectivity index (χ1n) is 6.59. The summed E-state index contributed by atoms with van der Waals surface area (Å²) in [5.74, 6) is 0.714. The zero-order chi connectivity index (χ0) is 12.1. The highest BCUT2D eigenvalue weighted by atomic mass is 32.1. The van der Waals surface area contributed by atoms with Crippen LogP contribution in [0.25, 0.3) is 0 Å². The molecule has 3 heteroatoms. The molecule has 2 rings (SSSR count). The fraction of sp³-hybridized carbons (Fsp3) is 0.714. The smallest absolute Gasteiger partial charge is 0.0794 e. The van der Waals surface area contributed by atoms with Gasteiger partial charge in [0.2, 0.25) is 0 Å². The van der Waals surface area contributed by atoms with Gasteiger partial charge in [-0.3, -0.25) is 0 Å². The first-order chi connectivity index (χ1) is 8.36. The number of rotatable bonds is 5. The summed E-state index contributed by atoms with van der Waals surface area (Å²) in [5.41, 5.74) is 1.37. The molecule has 1 heterocycles. The molecule has 2 nitrogen and oxygen atoms in total. The maximum absolute atomic E-state index is 5.81. The molecule has 17 heavy (non-hydrogen) atoms. The van der Waals surface area contributed by atoms with E-state index in [9.17, 15) is 0 Å². The summed E-state index contributed by atoms with van der Waals surface area (Å²) in [4.78, 5) is 0. The summed E-state index contributed by atoms with van der Waals surface area (Å²) >= 11 is 1.76. The van der Waals surface area contributed by atoms with Gasteiger partial charge in [0.05, 0.1) is 12.1 Å². The number of hydrogen-bond acceptors (Lipinski definition) is 3. The van der Waals surface area contributed by atoms with E-state index in [0.29, 0.717) is 18.1 Å². The Hall–Kier alpha value is -0.380. The zero-order valence-corrected chi connectivity index (χ0v) is 11.6. The molecule has 1 saturated carbocycles. The highest BCUT2D eigenvalue weighted by Crippen LogP contribution is 2.34. The van der Waals surface area contributed by atoms with Crippen molar-refractivity contribution in [3.63, 3.8) is 0 Å². The predicted octanol–water partition coefficient (Wildman–Crippen LogP) is 3.60. The van der Waals surface area contributed by atoms with Crippen molar-refractivity contribution in [2.24, 2.45) is 5.92 Å². The Labute approximate surface area is 108 Å². The Kier molecular flexibility index (Phi) is 5.01. The summed E-state index contributed by atoms with van der Waals surface area (Å²) in [6.07, 6.45) is 7.09. The van der Waals surface area contributed by atoms with Gasteiger partial charge >= 0.3 is 0 Å². The van der Waals surface area contributed by atoms with Crippen LogP contribution >= 0.6 is 11.3 Å². The monoisotopic (exact) mass is 253 g/mol. The van der Waals surface area contributed by atoms with Gasteiger partial charge in [0, 0.05) is 7.11 Å². The highest BCUT2D eigenvalue weighted by Gasteiger charge is 2.30. The average Bonchev–Trinajstić information content (AvgIpc) is 2.90. The third-order valence-corrected chi connectivity index (χ3v) is 4.63. The van der Waals surface area contributed by atoms with Crippen molar-refractivity contribution >= 4 is 11.3 Å². The molecule has 0 saturated heterocycles. The molecule has 1 fully saturated rings. The van der Waals surface area contributed by atoms with Crippen LogP contribution in [0.3, 0.4) is 0 Å². The van der Waals surface area contributed by atoms with E-state index in [2.05, 4.69) is 22.1 Å². The Bertz CT molecular complexity index is 306. The van der Waals surface area contributed by atoms with Crippen LogP contribution in [-0.4, -0.2) is 20.3 Å². The van der Waals surface area contributed by atoms with Crippen molar-refractivity contribution in [3.8, 4) is 0 Å². The maximum Gasteiger partial charge on any atom is 0.0794 e. The lowest BCUT2D eigenvalue weighted by Gasteiger charge is -2.34. The van der Waals surface area contributed by atoms with Crippen molar-refractivity contribution in [2.75, 3.05) is 14.2 Å². The van der Waals surface area contributed by atoms with E-state index >= 15 is 0 Å². The highest BCUT2D eigenvalue weighted by molar-refractivity contribution is 7.07. The molecule has 0 radical (unpaired) electrons. The Morgan fingerprint density at radius 3 is 2.65 bits per heavy atom. The minimum Gasteiger partial charge on any atom is -0.379 e. The van der Waals surface area contributed by atoms with Crippen molar-refractivity contribution in [2.45, 2.75) is 44.2 Å². The van der Waals surface area contributed by atoms with Gasteiger partial charge < -0.3 is 10.1 Å². The maximum atomic E-state index is 5.81. The van der Waals surface area contributed by atoms with E-state index in [1.54, 1.807) is 11.3 Å². The van der Waals surface area contributed by atoms with Crippen LogP contribution in [0.4, 0.5) is 0 Å². The SMILES string of the molecule is CNC(c1ccsc1)C(OC)C1CCCCC1. The average molecular weight is 253 g/mol. The van der Waals surface area contributed by atoms with Crippen molar-refractivity contribution < 1.29 is 4.74 Å². The van der Waals surface area contributed by atoms with E-state index in [1.807, 2.05) is 14.2 Å². The van der Waals surface area contributed by atoms with Crippen LogP contribution in [0, 0.1) is 5.92 Å². The molecule has 0 amide bonds. The molecule has 0 aromatic carbocycles. The lowest BCUT2D eigenvalue weighted by atomic mass is 9.81. The summed E-state index contributed by atoms with van der Waals surface area (Å²) < 4.78 is 5.81. The fourth-order valence-corrected chi connectivity index (χ4v) is 3.73. The molecular formula is C14H23NOS. The second kappa shape index (κ2) is 6.53. The minimum absolute atomic E-state index is 0.315. The van der Waals surface area contributed by atoms with Gasteiger partial charge in [0.1, 0.15) is 0 Å². The third kappa shape index (κ3) is 3.09. The predicted molar refractivity (Wildman–Crippen MR) is 73.5 cm³/mol. The van der Waals surface area contributed by atoms with Gasteiger partial charge in [-0.25, -0.2) is 0 Å². The normalized spacial score (nSPS) is 21.3. The van der Waals surface area contributed by atoms with Crippen molar-refractivity contribution in [1.82, 2.24) is 5.32 Å². The molecule has 1 aromatic heterocycles. The summed E-state index contributed by atoms with van der Waals surface area (Å²) in [6.45, 7) is 0. The van der Waals surface area contributed by atoms with Crippen LogP contribution in [-0.2, 0) is 4.74 Å². The van der Waals surface area contributed by atoms with E-state index in [0.717, 1.165) is 0 Å². The van der Waals surface area contributed by atoms with Crippen LogP contribution in [0.5, 0.6) is 0 Å². The van der Waals surface area contributed by atoms with Gasteiger partial charge in [-0.1, -0.05) is 19.3 Å². The van der Waals surface area contributed by atoms with Crippen LogP contribution < -0.4 is 5.32 Å². The van der Waals surface area contributed by atoms with Gasteiger partial charge in [-0.05, 0) is 48.2 Å². The number of ether oxygens (including phenoxy) is 1. The number of methoxy groups -OCH3 is 1. The number of hydrogen-bond donors (Lipinski definition) is 1. The van der Waals surface area contributed by atoms with Gasteiger partial charge in [0.25, 0.3) is 0 Å². The van der Waals surface area contributed by atoms with Crippen molar-refractivity contribution in [1.29, 1.82) is 0 Å². The van der Waals surface area contributed by atoms with Crippen LogP contribution in [0.1, 0.15) is 43.7 Å². The largest absolute Gasteiger partial charge is 0.379 e. The van der Waals surface area contributed by atoms with Gasteiger partial charge in [-0.2, -0.15) is 11.3 Å². The third-order valence-electron chi connectivity index (χ3n) is 3.93. The quantitative estimate of drug-likeness (QED) is 0.865. The first kappa shape index (κ1) is 13.1. The van der Waals surface area contributed by atoms with Gasteiger partial charge in [0.15, 0.2) is 0 Å². The molecule has 0 bridgehead atoms. The van der Waals surface area contributed by atoms with Crippen LogP contribution in [0.15, 0.2) is 16.8 Å². The van der Waals surface area contributed by atoms with E-state index in [1.165, 1.54) is 37.7 Å². The zero-order valence-electron chi connectivity index (χ0n) is 10.8. The number of nitrogens with one attached hydrogen (secondary N) is 1. The Morgan fingerprint density at radius 2 is 2.12 bits per heavy atom. The summed E-state index contributed by atoms with van der Waals surface area (Å²) in [5, 5.41) is 7.81. The second-order valence-electron chi connectivity index (χ2n) is 4.92. The summed E-state index contributed by atoms with van der Waals surface area (Å²) in [6, 6.07) is 2.55. The molecule has 1 aliphatic rings. The molecule has 1 aromatic rings. The van der Waals surface area contributed by atoms with E-state index in [4.69, 9.17) is 4.74 Å². The molecule has 0 aliphatic heterocycles. The fourth-order valence-electron chi connectivity index (χ4n) is 3.04. The minimum atomic E-state index is 0.315. The summed E-state index contributed by atoms with van der Waals surface area (Å²) in [7, 11) is 3.90. The Balaban J connectivity index is 2.09. The molecular weight excluding hydrogens is 230 g/mol. The number of thiophene rings is 1. The Morgan fingerprint density at radius 1 is 1.35 bits per heavy atom. The number of likely N-dealkylation sites (N-methyl/N-ethyl adjacent to an activating group) is 1. The van der Waals surface area contributed by atoms with E-state index < -0.39 is 0 Å². The molecule has 0 spiro atoms. The first-order valence-corrected chi connectivity index (χ1v) is 7.53. The lowest BCUT2D eigenvalue weighted by Crippen LogP contribution is -2.37. The topological polar surface area (TPSA) is 21.3 Å². The molecule has 2 atom stereocenters. The molecule has 2 unspecified atom stereocenters.